The maximum absolute atomic E-state index is 12.1. The van der Waals surface area contributed by atoms with Crippen LogP contribution in [-0.2, 0) is 23.2 Å². The minimum atomic E-state index is -3.59. The van der Waals surface area contributed by atoms with E-state index in [4.69, 9.17) is 16.7 Å². The number of benzene rings is 1. The van der Waals surface area contributed by atoms with Gasteiger partial charge in [0.1, 0.15) is 4.21 Å². The van der Waals surface area contributed by atoms with E-state index in [1.807, 2.05) is 0 Å². The van der Waals surface area contributed by atoms with Crippen molar-refractivity contribution < 1.29 is 13.5 Å². The molecule has 1 aromatic heterocycles. The number of aliphatic hydroxyl groups is 1. The third-order valence-electron chi connectivity index (χ3n) is 2.53. The van der Waals surface area contributed by atoms with E-state index in [9.17, 15) is 8.42 Å². The van der Waals surface area contributed by atoms with Crippen molar-refractivity contribution in [3.05, 3.63) is 50.3 Å². The summed E-state index contributed by atoms with van der Waals surface area (Å²) in [5.74, 6) is 0. The minimum absolute atomic E-state index is 0.0753. The lowest BCUT2D eigenvalue weighted by Crippen LogP contribution is -2.22. The normalized spacial score (nSPS) is 11.8. The number of thiophene rings is 1. The number of aliphatic hydroxyl groups excluding tert-OH is 1. The molecular formula is C12H11BrClNO3S2. The van der Waals surface area contributed by atoms with Gasteiger partial charge in [-0.3, -0.25) is 0 Å². The smallest absolute Gasteiger partial charge is 0.250 e. The lowest BCUT2D eigenvalue weighted by atomic mass is 10.1. The van der Waals surface area contributed by atoms with Crippen molar-refractivity contribution in [3.63, 3.8) is 0 Å². The van der Waals surface area contributed by atoms with E-state index in [1.165, 1.54) is 6.07 Å². The summed E-state index contributed by atoms with van der Waals surface area (Å²) in [6.07, 6.45) is 0. The second kappa shape index (κ2) is 6.55. The molecule has 108 valence electrons. The summed E-state index contributed by atoms with van der Waals surface area (Å²) in [4.78, 5) is 0. The topological polar surface area (TPSA) is 66.4 Å². The first-order chi connectivity index (χ1) is 9.42. The summed E-state index contributed by atoms with van der Waals surface area (Å²) in [6.45, 7) is 0.0807. The van der Waals surface area contributed by atoms with Gasteiger partial charge in [0.2, 0.25) is 10.0 Å². The van der Waals surface area contributed by atoms with E-state index in [0.717, 1.165) is 22.5 Å². The van der Waals surface area contributed by atoms with Crippen molar-refractivity contribution in [2.24, 2.45) is 0 Å². The lowest BCUT2D eigenvalue weighted by molar-refractivity contribution is 0.281. The monoisotopic (exact) mass is 395 g/mol. The molecule has 2 rings (SSSR count). The molecule has 0 unspecified atom stereocenters. The summed E-state index contributed by atoms with van der Waals surface area (Å²) < 4.78 is 27.4. The Kier molecular flexibility index (Phi) is 5.22. The van der Waals surface area contributed by atoms with Crippen molar-refractivity contribution in [1.29, 1.82) is 0 Å². The molecule has 8 heteroatoms. The summed E-state index contributed by atoms with van der Waals surface area (Å²) in [5.41, 5.74) is 1.52. The fourth-order valence-electron chi connectivity index (χ4n) is 1.55. The van der Waals surface area contributed by atoms with Gasteiger partial charge in [0.25, 0.3) is 0 Å². The Morgan fingerprint density at radius 2 is 2.00 bits per heavy atom. The van der Waals surface area contributed by atoms with E-state index >= 15 is 0 Å². The Morgan fingerprint density at radius 1 is 1.30 bits per heavy atom. The Bertz CT molecular complexity index is 696. The van der Waals surface area contributed by atoms with Crippen LogP contribution < -0.4 is 4.72 Å². The molecule has 0 aliphatic rings. The van der Waals surface area contributed by atoms with Crippen molar-refractivity contribution in [2.75, 3.05) is 0 Å². The molecule has 0 saturated heterocycles. The zero-order valence-corrected chi connectivity index (χ0v) is 14.1. The summed E-state index contributed by atoms with van der Waals surface area (Å²) in [5, 5.41) is 9.42. The Labute approximate surface area is 134 Å². The molecule has 0 aliphatic heterocycles. The van der Waals surface area contributed by atoms with Gasteiger partial charge < -0.3 is 5.11 Å². The fraction of sp³-hybridized carbons (Fsp3) is 0.167. The zero-order chi connectivity index (χ0) is 14.8. The average molecular weight is 397 g/mol. The van der Waals surface area contributed by atoms with Crippen LogP contribution in [0.1, 0.15) is 11.1 Å². The molecule has 0 amide bonds. The molecule has 0 radical (unpaired) electrons. The summed E-state index contributed by atoms with van der Waals surface area (Å²) in [7, 11) is -3.59. The highest BCUT2D eigenvalue weighted by molar-refractivity contribution is 9.11. The molecule has 4 nitrogen and oxygen atoms in total. The van der Waals surface area contributed by atoms with Crippen LogP contribution >= 0.6 is 38.9 Å². The lowest BCUT2D eigenvalue weighted by Gasteiger charge is -2.06. The molecule has 0 saturated carbocycles. The maximum atomic E-state index is 12.1. The first kappa shape index (κ1) is 15.9. The Hall–Kier alpha value is -0.440. The number of hydrogen-bond donors (Lipinski definition) is 2. The first-order valence-corrected chi connectivity index (χ1v) is 9.02. The quantitative estimate of drug-likeness (QED) is 0.816. The van der Waals surface area contributed by atoms with Crippen LogP contribution in [0.25, 0.3) is 0 Å². The molecule has 2 N–H and O–H groups in total. The third-order valence-corrected chi connectivity index (χ3v) is 6.88. The number of hydrogen-bond acceptors (Lipinski definition) is 4. The summed E-state index contributed by atoms with van der Waals surface area (Å²) in [6, 6.07) is 8.49. The van der Waals surface area contributed by atoms with Crippen LogP contribution in [0.15, 0.2) is 38.3 Å². The summed E-state index contributed by atoms with van der Waals surface area (Å²) >= 11 is 10.1. The van der Waals surface area contributed by atoms with Crippen molar-refractivity contribution >= 4 is 48.9 Å². The predicted molar refractivity (Wildman–Crippen MR) is 83.4 cm³/mol. The third kappa shape index (κ3) is 3.81. The van der Waals surface area contributed by atoms with E-state index < -0.39 is 10.0 Å². The maximum Gasteiger partial charge on any atom is 0.250 e. The molecule has 0 aliphatic carbocycles. The van der Waals surface area contributed by atoms with E-state index in [-0.39, 0.29) is 17.4 Å². The van der Waals surface area contributed by atoms with Gasteiger partial charge >= 0.3 is 0 Å². The van der Waals surface area contributed by atoms with Crippen molar-refractivity contribution in [1.82, 2.24) is 4.72 Å². The first-order valence-electron chi connectivity index (χ1n) is 5.55. The highest BCUT2D eigenvalue weighted by Gasteiger charge is 2.18. The largest absolute Gasteiger partial charge is 0.392 e. The zero-order valence-electron chi connectivity index (χ0n) is 10.1. The number of nitrogens with one attached hydrogen (secondary N) is 1. The number of rotatable bonds is 5. The average Bonchev–Trinajstić information content (AvgIpc) is 2.78. The van der Waals surface area contributed by atoms with Crippen LogP contribution in [0.4, 0.5) is 0 Å². The molecule has 0 atom stereocenters. The van der Waals surface area contributed by atoms with E-state index in [0.29, 0.717) is 8.81 Å². The van der Waals surface area contributed by atoms with Crippen LogP contribution in [0.5, 0.6) is 0 Å². The molecule has 1 aromatic carbocycles. The molecule has 20 heavy (non-hydrogen) atoms. The van der Waals surface area contributed by atoms with Gasteiger partial charge in [-0.2, -0.15) is 0 Å². The van der Waals surface area contributed by atoms with E-state index in [2.05, 4.69) is 20.7 Å². The van der Waals surface area contributed by atoms with Crippen LogP contribution in [0.2, 0.25) is 5.02 Å². The van der Waals surface area contributed by atoms with Gasteiger partial charge in [0.05, 0.1) is 15.4 Å². The highest BCUT2D eigenvalue weighted by atomic mass is 79.9. The van der Waals surface area contributed by atoms with Gasteiger partial charge in [0.15, 0.2) is 0 Å². The molecular weight excluding hydrogens is 386 g/mol. The van der Waals surface area contributed by atoms with E-state index in [1.54, 1.807) is 24.3 Å². The van der Waals surface area contributed by atoms with Gasteiger partial charge in [-0.15, -0.1) is 11.3 Å². The van der Waals surface area contributed by atoms with Crippen LogP contribution in [-0.4, -0.2) is 13.5 Å². The van der Waals surface area contributed by atoms with Crippen molar-refractivity contribution in [3.8, 4) is 0 Å². The van der Waals surface area contributed by atoms with Crippen molar-refractivity contribution in [2.45, 2.75) is 17.4 Å². The van der Waals surface area contributed by atoms with Crippen LogP contribution in [0, 0.1) is 0 Å². The van der Waals surface area contributed by atoms with Gasteiger partial charge in [-0.25, -0.2) is 13.1 Å². The predicted octanol–water partition coefficient (Wildman–Crippen LogP) is 3.13. The second-order valence-electron chi connectivity index (χ2n) is 3.99. The fourth-order valence-corrected chi connectivity index (χ4v) is 5.01. The molecule has 0 spiro atoms. The number of sulfonamides is 1. The van der Waals surface area contributed by atoms with Gasteiger partial charge in [-0.1, -0.05) is 35.9 Å². The standard InChI is InChI=1S/C12H11BrClNO3S2/c13-12-10(14)5-11(19-12)20(17,18)15-6-8-2-1-3-9(4-8)7-16/h1-5,15-16H,6-7H2. The second-order valence-corrected chi connectivity index (χ2v) is 8.76. The van der Waals surface area contributed by atoms with Gasteiger partial charge in [0, 0.05) is 6.54 Å². The highest BCUT2D eigenvalue weighted by Crippen LogP contribution is 2.34. The Balaban J connectivity index is 2.12. The molecule has 2 aromatic rings. The van der Waals surface area contributed by atoms with Crippen LogP contribution in [0.3, 0.4) is 0 Å². The molecule has 0 bridgehead atoms. The minimum Gasteiger partial charge on any atom is -0.392 e. The SMILES string of the molecule is O=S(=O)(NCc1cccc(CO)c1)c1cc(Cl)c(Br)s1. The Morgan fingerprint density at radius 3 is 2.60 bits per heavy atom. The van der Waals surface area contributed by atoms with Gasteiger partial charge in [-0.05, 0) is 33.1 Å². The number of halogens is 2. The molecule has 1 heterocycles. The molecule has 0 fully saturated rings.